The number of nitrogens with one attached hydrogen (secondary N) is 1. The van der Waals surface area contributed by atoms with Crippen molar-refractivity contribution in [2.45, 2.75) is 0 Å². The third-order valence-corrected chi connectivity index (χ3v) is 1.72. The van der Waals surface area contributed by atoms with Crippen LogP contribution in [0.2, 0.25) is 0 Å². The van der Waals surface area contributed by atoms with Crippen LogP contribution in [-0.2, 0) is 0 Å². The lowest BCUT2D eigenvalue weighted by molar-refractivity contribution is 1.17. The minimum absolute atomic E-state index is 0.136. The predicted octanol–water partition coefficient (Wildman–Crippen LogP) is 0.119. The fourth-order valence-corrected chi connectivity index (χ4v) is 0.966. The summed E-state index contributed by atoms with van der Waals surface area (Å²) in [6.45, 7) is 3.55. The second-order valence-corrected chi connectivity index (χ2v) is 2.65. The van der Waals surface area contributed by atoms with Gasteiger partial charge in [-0.1, -0.05) is 6.58 Å². The Bertz CT molecular complexity index is 382. The van der Waals surface area contributed by atoms with E-state index in [0.29, 0.717) is 5.69 Å². The first-order valence-electron chi connectivity index (χ1n) is 3.70. The molecule has 0 aromatic carbocycles. The molecule has 0 saturated carbocycles. The van der Waals surface area contributed by atoms with Gasteiger partial charge in [-0.25, -0.2) is 0 Å². The molecule has 0 bridgehead atoms. The van der Waals surface area contributed by atoms with Crippen molar-refractivity contribution in [3.8, 4) is 0 Å². The summed E-state index contributed by atoms with van der Waals surface area (Å²) in [6.07, 6.45) is 1.55. The van der Waals surface area contributed by atoms with Crippen molar-refractivity contribution in [1.29, 1.82) is 0 Å². The number of hydrogen-bond acceptors (Lipinski definition) is 4. The zero-order valence-corrected chi connectivity index (χ0v) is 7.37. The van der Waals surface area contributed by atoms with E-state index in [-0.39, 0.29) is 17.1 Å². The summed E-state index contributed by atoms with van der Waals surface area (Å²) in [5.41, 5.74) is 11.3. The van der Waals surface area contributed by atoms with Gasteiger partial charge in [-0.15, -0.1) is 0 Å². The first kappa shape index (κ1) is 9.18. The maximum absolute atomic E-state index is 11.2. The highest BCUT2D eigenvalue weighted by atomic mass is 16.1. The molecule has 1 rings (SSSR count). The second-order valence-electron chi connectivity index (χ2n) is 2.65. The zero-order chi connectivity index (χ0) is 10.0. The standard InChI is InChI=1S/C8H12N4O/c1-3-12(2)5-4-6(9)11-8(13)7(5)10/h3-4H,1,10H2,2H3,(H3,9,11,13). The minimum atomic E-state index is -0.385. The highest BCUT2D eigenvalue weighted by Gasteiger charge is 2.06. The van der Waals surface area contributed by atoms with Gasteiger partial charge < -0.3 is 21.4 Å². The molecule has 1 aromatic heterocycles. The van der Waals surface area contributed by atoms with E-state index in [4.69, 9.17) is 11.5 Å². The Hall–Kier alpha value is -1.91. The number of aromatic nitrogens is 1. The zero-order valence-electron chi connectivity index (χ0n) is 7.37. The summed E-state index contributed by atoms with van der Waals surface area (Å²) in [4.78, 5) is 15.2. The Labute approximate surface area is 75.7 Å². The summed E-state index contributed by atoms with van der Waals surface area (Å²) in [6, 6.07) is 1.58. The lowest BCUT2D eigenvalue weighted by atomic mass is 10.3. The van der Waals surface area contributed by atoms with Crippen LogP contribution in [-0.4, -0.2) is 12.0 Å². The Balaban J connectivity index is 3.36. The van der Waals surface area contributed by atoms with Crippen molar-refractivity contribution in [2.24, 2.45) is 0 Å². The van der Waals surface area contributed by atoms with E-state index < -0.39 is 0 Å². The average molecular weight is 180 g/mol. The molecule has 70 valence electrons. The molecule has 0 unspecified atom stereocenters. The van der Waals surface area contributed by atoms with Crippen LogP contribution in [0, 0.1) is 0 Å². The van der Waals surface area contributed by atoms with Crippen molar-refractivity contribution in [2.75, 3.05) is 23.4 Å². The van der Waals surface area contributed by atoms with Crippen molar-refractivity contribution in [1.82, 2.24) is 4.98 Å². The van der Waals surface area contributed by atoms with E-state index in [0.717, 1.165) is 0 Å². The highest BCUT2D eigenvalue weighted by Crippen LogP contribution is 2.19. The second kappa shape index (κ2) is 3.22. The number of nitrogens with zero attached hydrogens (tertiary/aromatic N) is 1. The van der Waals surface area contributed by atoms with E-state index in [2.05, 4.69) is 11.6 Å². The van der Waals surface area contributed by atoms with Crippen LogP contribution in [0.5, 0.6) is 0 Å². The van der Waals surface area contributed by atoms with Gasteiger partial charge in [0.05, 0.1) is 5.69 Å². The first-order chi connectivity index (χ1) is 6.06. The lowest BCUT2D eigenvalue weighted by Crippen LogP contribution is -2.19. The maximum Gasteiger partial charge on any atom is 0.274 e. The van der Waals surface area contributed by atoms with Crippen molar-refractivity contribution >= 4 is 17.2 Å². The molecule has 0 aliphatic heterocycles. The number of aromatic amines is 1. The number of H-pyrrole nitrogens is 1. The van der Waals surface area contributed by atoms with Crippen LogP contribution in [0.25, 0.3) is 0 Å². The molecule has 5 nitrogen and oxygen atoms in total. The number of anilines is 3. The molecule has 0 fully saturated rings. The lowest BCUT2D eigenvalue weighted by Gasteiger charge is -2.15. The maximum atomic E-state index is 11.2. The molecule has 1 aromatic rings. The Morgan fingerprint density at radius 3 is 2.77 bits per heavy atom. The highest BCUT2D eigenvalue weighted by molar-refractivity contribution is 5.70. The summed E-state index contributed by atoms with van der Waals surface area (Å²) >= 11 is 0. The van der Waals surface area contributed by atoms with Crippen molar-refractivity contribution in [3.63, 3.8) is 0 Å². The molecule has 0 aliphatic rings. The number of rotatable bonds is 2. The third kappa shape index (κ3) is 1.64. The number of nitrogen functional groups attached to an aromatic ring is 2. The summed E-state index contributed by atoms with van der Waals surface area (Å²) in [5, 5.41) is 0. The van der Waals surface area contributed by atoms with E-state index >= 15 is 0 Å². The summed E-state index contributed by atoms with van der Waals surface area (Å²) in [7, 11) is 1.73. The van der Waals surface area contributed by atoms with Crippen LogP contribution in [0.15, 0.2) is 23.6 Å². The Morgan fingerprint density at radius 2 is 2.23 bits per heavy atom. The van der Waals surface area contributed by atoms with Crippen LogP contribution in [0.1, 0.15) is 0 Å². The molecular formula is C8H12N4O. The van der Waals surface area contributed by atoms with Crippen LogP contribution in [0.3, 0.4) is 0 Å². The summed E-state index contributed by atoms with van der Waals surface area (Å²) < 4.78 is 0. The van der Waals surface area contributed by atoms with Gasteiger partial charge in [0.25, 0.3) is 5.56 Å². The van der Waals surface area contributed by atoms with Crippen molar-refractivity contribution in [3.05, 3.63) is 29.2 Å². The van der Waals surface area contributed by atoms with Gasteiger partial charge in [-0.3, -0.25) is 4.79 Å². The molecule has 0 saturated heterocycles. The Morgan fingerprint density at radius 1 is 1.62 bits per heavy atom. The largest absolute Gasteiger partial charge is 0.393 e. The molecule has 5 N–H and O–H groups in total. The van der Waals surface area contributed by atoms with Gasteiger partial charge in [-0.2, -0.15) is 0 Å². The van der Waals surface area contributed by atoms with E-state index in [1.807, 2.05) is 0 Å². The Kier molecular flexibility index (Phi) is 2.27. The molecule has 13 heavy (non-hydrogen) atoms. The van der Waals surface area contributed by atoms with Crippen LogP contribution in [0.4, 0.5) is 17.2 Å². The molecule has 1 heterocycles. The van der Waals surface area contributed by atoms with Gasteiger partial charge in [0, 0.05) is 13.1 Å². The molecule has 0 radical (unpaired) electrons. The molecular weight excluding hydrogens is 168 g/mol. The normalized spacial score (nSPS) is 9.62. The van der Waals surface area contributed by atoms with Gasteiger partial charge in [0.15, 0.2) is 0 Å². The van der Waals surface area contributed by atoms with Crippen molar-refractivity contribution < 1.29 is 0 Å². The van der Waals surface area contributed by atoms with E-state index in [1.54, 1.807) is 24.2 Å². The fourth-order valence-electron chi connectivity index (χ4n) is 0.966. The van der Waals surface area contributed by atoms with E-state index in [9.17, 15) is 4.79 Å². The molecule has 0 spiro atoms. The SMILES string of the molecule is C=CN(C)c1cc(N)[nH]c(=O)c1N. The first-order valence-corrected chi connectivity index (χ1v) is 3.70. The van der Waals surface area contributed by atoms with Crippen LogP contribution < -0.4 is 21.9 Å². The van der Waals surface area contributed by atoms with Gasteiger partial charge in [0.2, 0.25) is 0 Å². The van der Waals surface area contributed by atoms with Gasteiger partial charge in [-0.05, 0) is 6.20 Å². The number of nitrogens with two attached hydrogens (primary N) is 2. The fraction of sp³-hybridized carbons (Fsp3) is 0.125. The van der Waals surface area contributed by atoms with E-state index in [1.165, 1.54) is 0 Å². The third-order valence-electron chi connectivity index (χ3n) is 1.72. The quantitative estimate of drug-likeness (QED) is 0.603. The van der Waals surface area contributed by atoms with Gasteiger partial charge in [0.1, 0.15) is 11.5 Å². The smallest absolute Gasteiger partial charge is 0.274 e. The average Bonchev–Trinajstić information content (AvgIpc) is 2.10. The number of pyridine rings is 1. The monoisotopic (exact) mass is 180 g/mol. The van der Waals surface area contributed by atoms with Crippen LogP contribution >= 0.6 is 0 Å². The minimum Gasteiger partial charge on any atom is -0.393 e. The molecule has 0 aliphatic carbocycles. The topological polar surface area (TPSA) is 88.1 Å². The predicted molar refractivity (Wildman–Crippen MR) is 54.5 cm³/mol. The number of hydrogen-bond donors (Lipinski definition) is 3. The van der Waals surface area contributed by atoms with Gasteiger partial charge >= 0.3 is 0 Å². The molecule has 0 atom stereocenters. The molecule has 0 amide bonds. The molecule has 5 heteroatoms. The summed E-state index contributed by atoms with van der Waals surface area (Å²) in [5.74, 6) is 0.280.